The number of carbonyl (C=O) groups excluding carboxylic acids is 1. The molecule has 1 spiro atoms. The summed E-state index contributed by atoms with van der Waals surface area (Å²) >= 11 is 0. The zero-order valence-electron chi connectivity index (χ0n) is 13.9. The van der Waals surface area contributed by atoms with Gasteiger partial charge in [0.25, 0.3) is 5.91 Å². The van der Waals surface area contributed by atoms with E-state index in [0.29, 0.717) is 30.8 Å². The first-order chi connectivity index (χ1) is 11.6. The van der Waals surface area contributed by atoms with Crippen molar-refractivity contribution < 1.29 is 24.2 Å². The van der Waals surface area contributed by atoms with E-state index in [2.05, 4.69) is 0 Å². The molecule has 1 aliphatic heterocycles. The van der Waals surface area contributed by atoms with Gasteiger partial charge in [-0.25, -0.2) is 4.79 Å². The third kappa shape index (κ3) is 2.86. The van der Waals surface area contributed by atoms with Crippen LogP contribution in [0.15, 0.2) is 24.3 Å². The number of hydrogen-bond acceptors (Lipinski definition) is 4. The summed E-state index contributed by atoms with van der Waals surface area (Å²) in [6.45, 7) is 2.33. The molecule has 6 nitrogen and oxygen atoms in total. The number of rotatable bonds is 4. The number of aliphatic carboxylic acids is 1. The van der Waals surface area contributed by atoms with Crippen LogP contribution in [0.3, 0.4) is 0 Å². The van der Waals surface area contributed by atoms with Crippen molar-refractivity contribution in [3.05, 3.63) is 29.8 Å². The van der Waals surface area contributed by atoms with Gasteiger partial charge in [-0.1, -0.05) is 18.6 Å². The minimum atomic E-state index is -1.03. The van der Waals surface area contributed by atoms with Crippen LogP contribution in [0.5, 0.6) is 5.75 Å². The highest BCUT2D eigenvalue weighted by Crippen LogP contribution is 2.42. The quantitative estimate of drug-likeness (QED) is 0.917. The zero-order chi connectivity index (χ0) is 17.2. The number of ether oxygens (including phenoxy) is 2. The lowest BCUT2D eigenvalue weighted by Crippen LogP contribution is -2.54. The van der Waals surface area contributed by atoms with E-state index >= 15 is 0 Å². The largest absolute Gasteiger partial charge is 0.493 e. The van der Waals surface area contributed by atoms with Crippen LogP contribution < -0.4 is 4.74 Å². The van der Waals surface area contributed by atoms with E-state index in [1.54, 1.807) is 24.3 Å². The lowest BCUT2D eigenvalue weighted by molar-refractivity contribution is -0.143. The third-order valence-corrected chi connectivity index (χ3v) is 4.82. The van der Waals surface area contributed by atoms with Crippen LogP contribution in [-0.4, -0.2) is 46.9 Å². The second-order valence-corrected chi connectivity index (χ2v) is 6.28. The molecule has 1 saturated heterocycles. The highest BCUT2D eigenvalue weighted by molar-refractivity contribution is 5.99. The van der Waals surface area contributed by atoms with Crippen molar-refractivity contribution in [1.29, 1.82) is 0 Å². The molecule has 2 fully saturated rings. The molecular formula is C18H23NO5. The summed E-state index contributed by atoms with van der Waals surface area (Å²) in [5, 5.41) is 9.56. The van der Waals surface area contributed by atoms with Gasteiger partial charge in [-0.2, -0.15) is 0 Å². The number of hydrogen-bond donors (Lipinski definition) is 1. The molecule has 130 valence electrons. The molecule has 1 amide bonds. The van der Waals surface area contributed by atoms with E-state index in [0.717, 1.165) is 19.3 Å². The molecule has 0 unspecified atom stereocenters. The normalized spacial score (nSPS) is 22.5. The summed E-state index contributed by atoms with van der Waals surface area (Å²) in [5.74, 6) is -0.877. The first-order valence-electron chi connectivity index (χ1n) is 8.51. The molecular weight excluding hydrogens is 310 g/mol. The van der Waals surface area contributed by atoms with Gasteiger partial charge in [-0.15, -0.1) is 0 Å². The van der Waals surface area contributed by atoms with E-state index in [9.17, 15) is 14.7 Å². The molecule has 1 N–H and O–H groups in total. The van der Waals surface area contributed by atoms with Crippen LogP contribution in [-0.2, 0) is 9.53 Å². The molecule has 1 aromatic rings. The molecule has 6 heteroatoms. The van der Waals surface area contributed by atoms with Crippen LogP contribution in [0.25, 0.3) is 0 Å². The average molecular weight is 333 g/mol. The number of benzene rings is 1. The van der Waals surface area contributed by atoms with Crippen molar-refractivity contribution in [3.63, 3.8) is 0 Å². The van der Waals surface area contributed by atoms with Crippen LogP contribution in [0.4, 0.5) is 0 Å². The molecule has 2 aliphatic rings. The Kier molecular flexibility index (Phi) is 4.76. The molecule has 1 heterocycles. The van der Waals surface area contributed by atoms with Crippen LogP contribution >= 0.6 is 0 Å². The fourth-order valence-corrected chi connectivity index (χ4v) is 3.71. The van der Waals surface area contributed by atoms with E-state index < -0.39 is 17.7 Å². The van der Waals surface area contributed by atoms with Gasteiger partial charge in [-0.05, 0) is 44.7 Å². The van der Waals surface area contributed by atoms with Crippen LogP contribution in [0.2, 0.25) is 0 Å². The minimum absolute atomic E-state index is 0.0396. The predicted molar refractivity (Wildman–Crippen MR) is 87.0 cm³/mol. The smallest absolute Gasteiger partial charge is 0.328 e. The molecule has 0 bridgehead atoms. The maximum atomic E-state index is 13.2. The number of carboxylic acid groups (broad SMARTS) is 1. The van der Waals surface area contributed by atoms with Crippen molar-refractivity contribution in [1.82, 2.24) is 4.90 Å². The minimum Gasteiger partial charge on any atom is -0.493 e. The van der Waals surface area contributed by atoms with E-state index in [1.807, 2.05) is 6.92 Å². The fraction of sp³-hybridized carbons (Fsp3) is 0.556. The topological polar surface area (TPSA) is 76.1 Å². The maximum Gasteiger partial charge on any atom is 0.328 e. The van der Waals surface area contributed by atoms with Gasteiger partial charge < -0.3 is 14.6 Å². The summed E-state index contributed by atoms with van der Waals surface area (Å²) in [5.41, 5.74) is -0.404. The van der Waals surface area contributed by atoms with Gasteiger partial charge in [-0.3, -0.25) is 9.69 Å². The van der Waals surface area contributed by atoms with Crippen molar-refractivity contribution >= 4 is 11.9 Å². The molecule has 1 aromatic carbocycles. The average Bonchev–Trinajstić information content (AvgIpc) is 2.94. The lowest BCUT2D eigenvalue weighted by Gasteiger charge is -2.41. The molecule has 24 heavy (non-hydrogen) atoms. The summed E-state index contributed by atoms with van der Waals surface area (Å²) in [7, 11) is 0. The molecule has 1 saturated carbocycles. The van der Waals surface area contributed by atoms with Crippen LogP contribution in [0, 0.1) is 0 Å². The lowest BCUT2D eigenvalue weighted by atomic mass is 9.89. The standard InChI is InChI=1S/C18H23NO5/c1-2-23-15-9-5-4-8-13(15)16(20)19-14(17(21)22)12-24-18(19)10-6-3-7-11-18/h4-5,8-9,14H,2-3,6-7,10-12H2,1H3,(H,21,22)/t14-/m0/s1. The van der Waals surface area contributed by atoms with Crippen molar-refractivity contribution in [3.8, 4) is 5.75 Å². The predicted octanol–water partition coefficient (Wildman–Crippen LogP) is 2.67. The molecule has 3 rings (SSSR count). The van der Waals surface area contributed by atoms with Crippen molar-refractivity contribution in [2.45, 2.75) is 50.8 Å². The highest BCUT2D eigenvalue weighted by Gasteiger charge is 2.53. The molecule has 0 aromatic heterocycles. The Labute approximate surface area is 141 Å². The fourth-order valence-electron chi connectivity index (χ4n) is 3.71. The van der Waals surface area contributed by atoms with Gasteiger partial charge in [0, 0.05) is 0 Å². The molecule has 1 aliphatic carbocycles. The van der Waals surface area contributed by atoms with Crippen molar-refractivity contribution in [2.75, 3.05) is 13.2 Å². The monoisotopic (exact) mass is 333 g/mol. The highest BCUT2D eigenvalue weighted by atomic mass is 16.5. The summed E-state index contributed by atoms with van der Waals surface area (Å²) in [4.78, 5) is 26.4. The number of carbonyl (C=O) groups is 2. The number of carboxylic acids is 1. The number of nitrogens with zero attached hydrogens (tertiary/aromatic N) is 1. The van der Waals surface area contributed by atoms with Crippen molar-refractivity contribution in [2.24, 2.45) is 0 Å². The summed E-state index contributed by atoms with van der Waals surface area (Å²) < 4.78 is 11.4. The third-order valence-electron chi connectivity index (χ3n) is 4.82. The summed E-state index contributed by atoms with van der Waals surface area (Å²) in [6.07, 6.45) is 4.31. The van der Waals surface area contributed by atoms with E-state index in [1.165, 1.54) is 4.90 Å². The SMILES string of the molecule is CCOc1ccccc1C(=O)N1[C@H](C(=O)O)COC12CCCCC2. The Morgan fingerprint density at radius 3 is 2.67 bits per heavy atom. The second kappa shape index (κ2) is 6.81. The number of para-hydroxylation sites is 1. The zero-order valence-corrected chi connectivity index (χ0v) is 13.9. The Morgan fingerprint density at radius 1 is 1.29 bits per heavy atom. The van der Waals surface area contributed by atoms with Gasteiger partial charge in [0.05, 0.1) is 18.8 Å². The second-order valence-electron chi connectivity index (χ2n) is 6.28. The number of amides is 1. The van der Waals surface area contributed by atoms with Crippen LogP contribution in [0.1, 0.15) is 49.4 Å². The first kappa shape index (κ1) is 16.8. The van der Waals surface area contributed by atoms with E-state index in [4.69, 9.17) is 9.47 Å². The molecule has 0 radical (unpaired) electrons. The Balaban J connectivity index is 1.99. The Bertz CT molecular complexity index is 624. The van der Waals surface area contributed by atoms with Gasteiger partial charge >= 0.3 is 5.97 Å². The van der Waals surface area contributed by atoms with Gasteiger partial charge in [0.1, 0.15) is 11.5 Å². The first-order valence-corrected chi connectivity index (χ1v) is 8.51. The Morgan fingerprint density at radius 2 is 2.00 bits per heavy atom. The van der Waals surface area contributed by atoms with Gasteiger partial charge in [0.15, 0.2) is 6.04 Å². The summed E-state index contributed by atoms with van der Waals surface area (Å²) in [6, 6.07) is 6.02. The molecule has 1 atom stereocenters. The maximum absolute atomic E-state index is 13.2. The van der Waals surface area contributed by atoms with Gasteiger partial charge in [0.2, 0.25) is 0 Å². The Hall–Kier alpha value is -2.08. The van der Waals surface area contributed by atoms with E-state index in [-0.39, 0.29) is 12.5 Å².